The Bertz CT molecular complexity index is 429. The number of carbonyl (C=O) groups excluding carboxylic acids is 1. The zero-order valence-corrected chi connectivity index (χ0v) is 10.6. The monoisotopic (exact) mass is 332 g/mol. The molecular formula is C8H6Br2N4O. The molecule has 0 aromatic heterocycles. The number of nitrogens with one attached hydrogen (secondary N) is 1. The highest BCUT2D eigenvalue weighted by molar-refractivity contribution is 9.11. The van der Waals surface area contributed by atoms with Crippen LogP contribution in [0.4, 0.5) is 5.69 Å². The summed E-state index contributed by atoms with van der Waals surface area (Å²) in [5.41, 5.74) is 8.67. The van der Waals surface area contributed by atoms with Gasteiger partial charge in [0.1, 0.15) is 6.54 Å². The van der Waals surface area contributed by atoms with Crippen molar-refractivity contribution < 1.29 is 4.79 Å². The molecule has 1 rings (SSSR count). The Morgan fingerprint density at radius 1 is 1.53 bits per heavy atom. The molecule has 1 aromatic rings. The van der Waals surface area contributed by atoms with E-state index in [1.807, 2.05) is 6.07 Å². The van der Waals surface area contributed by atoms with Crippen LogP contribution in [0.3, 0.4) is 0 Å². The summed E-state index contributed by atoms with van der Waals surface area (Å²) in [4.78, 5) is 13.7. The Kier molecular flexibility index (Phi) is 4.61. The van der Waals surface area contributed by atoms with Crippen molar-refractivity contribution in [1.29, 1.82) is 0 Å². The molecule has 0 unspecified atom stereocenters. The normalized spacial score (nSPS) is 9.20. The van der Waals surface area contributed by atoms with Crippen molar-refractivity contribution in [1.82, 2.24) is 0 Å². The summed E-state index contributed by atoms with van der Waals surface area (Å²) in [6, 6.07) is 5.35. The first-order chi connectivity index (χ1) is 7.13. The molecule has 0 aliphatic carbocycles. The quantitative estimate of drug-likeness (QED) is 0.513. The lowest BCUT2D eigenvalue weighted by molar-refractivity contribution is -0.114. The maximum Gasteiger partial charge on any atom is 0.230 e. The van der Waals surface area contributed by atoms with Gasteiger partial charge in [-0.2, -0.15) is 0 Å². The Labute approximate surface area is 103 Å². The van der Waals surface area contributed by atoms with Gasteiger partial charge >= 0.3 is 0 Å². The lowest BCUT2D eigenvalue weighted by atomic mass is 10.3. The van der Waals surface area contributed by atoms with E-state index in [4.69, 9.17) is 5.53 Å². The van der Waals surface area contributed by atoms with Crippen molar-refractivity contribution in [2.45, 2.75) is 0 Å². The molecule has 0 saturated carbocycles. The summed E-state index contributed by atoms with van der Waals surface area (Å²) in [7, 11) is 0. The average Bonchev–Trinajstić information content (AvgIpc) is 2.19. The van der Waals surface area contributed by atoms with Gasteiger partial charge in [-0.1, -0.05) is 21.0 Å². The molecule has 0 fully saturated rings. The number of carbonyl (C=O) groups is 1. The predicted octanol–water partition coefficient (Wildman–Crippen LogP) is 3.46. The van der Waals surface area contributed by atoms with Crippen LogP contribution in [0, 0.1) is 0 Å². The number of halogens is 2. The molecule has 0 aliphatic rings. The smallest absolute Gasteiger partial charge is 0.230 e. The highest BCUT2D eigenvalue weighted by Gasteiger charge is 2.04. The van der Waals surface area contributed by atoms with Crippen molar-refractivity contribution >= 4 is 43.5 Å². The summed E-state index contributed by atoms with van der Waals surface area (Å²) < 4.78 is 1.66. The van der Waals surface area contributed by atoms with Gasteiger partial charge in [0.2, 0.25) is 5.91 Å². The molecule has 0 heterocycles. The van der Waals surface area contributed by atoms with E-state index >= 15 is 0 Å². The lowest BCUT2D eigenvalue weighted by Gasteiger charge is -2.05. The number of benzene rings is 1. The van der Waals surface area contributed by atoms with Crippen molar-refractivity contribution in [3.05, 3.63) is 37.6 Å². The summed E-state index contributed by atoms with van der Waals surface area (Å²) in [6.45, 7) is -0.209. The number of anilines is 1. The van der Waals surface area contributed by atoms with Gasteiger partial charge in [0.15, 0.2) is 0 Å². The molecular weight excluding hydrogens is 328 g/mol. The maximum absolute atomic E-state index is 11.2. The summed E-state index contributed by atoms with van der Waals surface area (Å²) in [5, 5.41) is 5.76. The van der Waals surface area contributed by atoms with Crippen molar-refractivity contribution in [2.24, 2.45) is 5.11 Å². The number of azide groups is 1. The molecule has 0 atom stereocenters. The fourth-order valence-corrected chi connectivity index (χ4v) is 2.02. The van der Waals surface area contributed by atoms with Crippen molar-refractivity contribution in [3.8, 4) is 0 Å². The van der Waals surface area contributed by atoms with E-state index in [1.165, 1.54) is 0 Å². The fraction of sp³-hybridized carbons (Fsp3) is 0.125. The number of hydrogen-bond acceptors (Lipinski definition) is 2. The van der Waals surface area contributed by atoms with E-state index in [9.17, 15) is 4.79 Å². The molecule has 1 aromatic carbocycles. The Hall–Kier alpha value is -1.04. The highest BCUT2D eigenvalue weighted by Crippen LogP contribution is 2.25. The molecule has 0 saturated heterocycles. The second-order valence-corrected chi connectivity index (χ2v) is 4.33. The average molecular weight is 334 g/mol. The van der Waals surface area contributed by atoms with Crippen LogP contribution >= 0.6 is 31.9 Å². The number of rotatable bonds is 3. The Morgan fingerprint density at radius 3 is 2.87 bits per heavy atom. The van der Waals surface area contributed by atoms with Crippen LogP contribution in [-0.4, -0.2) is 12.5 Å². The molecule has 0 aliphatic heterocycles. The zero-order valence-electron chi connectivity index (χ0n) is 7.44. The van der Waals surface area contributed by atoms with Crippen molar-refractivity contribution in [3.63, 3.8) is 0 Å². The number of amides is 1. The third-order valence-electron chi connectivity index (χ3n) is 1.48. The van der Waals surface area contributed by atoms with Gasteiger partial charge in [-0.05, 0) is 39.7 Å². The Morgan fingerprint density at radius 2 is 2.27 bits per heavy atom. The van der Waals surface area contributed by atoms with Gasteiger partial charge in [0, 0.05) is 13.9 Å². The van der Waals surface area contributed by atoms with Crippen LogP contribution in [0.2, 0.25) is 0 Å². The molecule has 15 heavy (non-hydrogen) atoms. The molecule has 1 N–H and O–H groups in total. The van der Waals surface area contributed by atoms with Gasteiger partial charge in [-0.15, -0.1) is 0 Å². The largest absolute Gasteiger partial charge is 0.325 e. The molecule has 78 valence electrons. The van der Waals surface area contributed by atoms with E-state index in [0.29, 0.717) is 5.69 Å². The first kappa shape index (κ1) is 12.0. The van der Waals surface area contributed by atoms with Crippen LogP contribution in [0.1, 0.15) is 0 Å². The SMILES string of the molecule is [N-]=[N+]=NCC(=O)Nc1ccc(Br)cc1Br. The van der Waals surface area contributed by atoms with Crippen LogP contribution in [-0.2, 0) is 4.79 Å². The van der Waals surface area contributed by atoms with Crippen LogP contribution in [0.25, 0.3) is 10.4 Å². The van der Waals surface area contributed by atoms with Gasteiger partial charge in [-0.25, -0.2) is 0 Å². The first-order valence-electron chi connectivity index (χ1n) is 3.89. The minimum atomic E-state index is -0.351. The number of nitrogens with zero attached hydrogens (tertiary/aromatic N) is 3. The van der Waals surface area contributed by atoms with E-state index in [-0.39, 0.29) is 12.5 Å². The van der Waals surface area contributed by atoms with Gasteiger partial charge < -0.3 is 5.32 Å². The van der Waals surface area contributed by atoms with E-state index in [2.05, 4.69) is 47.2 Å². The van der Waals surface area contributed by atoms with Crippen LogP contribution < -0.4 is 5.32 Å². The summed E-state index contributed by atoms with van der Waals surface area (Å²) in [5.74, 6) is -0.351. The summed E-state index contributed by atoms with van der Waals surface area (Å²) in [6.07, 6.45) is 0. The Balaban J connectivity index is 2.72. The van der Waals surface area contributed by atoms with Gasteiger partial charge in [-0.3, -0.25) is 4.79 Å². The lowest BCUT2D eigenvalue weighted by Crippen LogP contribution is -2.14. The molecule has 7 heteroatoms. The third-order valence-corrected chi connectivity index (χ3v) is 2.63. The van der Waals surface area contributed by atoms with E-state index in [0.717, 1.165) is 8.95 Å². The second kappa shape index (κ2) is 5.75. The van der Waals surface area contributed by atoms with Crippen molar-refractivity contribution in [2.75, 3.05) is 11.9 Å². The zero-order chi connectivity index (χ0) is 11.3. The molecule has 0 radical (unpaired) electrons. The molecule has 1 amide bonds. The third kappa shape index (κ3) is 3.91. The minimum Gasteiger partial charge on any atom is -0.325 e. The van der Waals surface area contributed by atoms with Gasteiger partial charge in [0.25, 0.3) is 0 Å². The molecule has 5 nitrogen and oxygen atoms in total. The predicted molar refractivity (Wildman–Crippen MR) is 64.5 cm³/mol. The van der Waals surface area contributed by atoms with Crippen LogP contribution in [0.15, 0.2) is 32.3 Å². The topological polar surface area (TPSA) is 77.9 Å². The second-order valence-electron chi connectivity index (χ2n) is 2.56. The molecule has 0 spiro atoms. The molecule has 0 bridgehead atoms. The van der Waals surface area contributed by atoms with E-state index in [1.54, 1.807) is 12.1 Å². The highest BCUT2D eigenvalue weighted by atomic mass is 79.9. The van der Waals surface area contributed by atoms with Gasteiger partial charge in [0.05, 0.1) is 5.69 Å². The first-order valence-corrected chi connectivity index (χ1v) is 5.48. The van der Waals surface area contributed by atoms with Crippen LogP contribution in [0.5, 0.6) is 0 Å². The summed E-state index contributed by atoms with van der Waals surface area (Å²) >= 11 is 6.59. The maximum atomic E-state index is 11.2. The fourth-order valence-electron chi connectivity index (χ4n) is 0.876. The minimum absolute atomic E-state index is 0.209. The van der Waals surface area contributed by atoms with E-state index < -0.39 is 0 Å². The standard InChI is InChI=1S/C8H6Br2N4O/c9-5-1-2-7(6(10)3-5)13-8(15)4-12-14-11/h1-3H,4H2,(H,13,15). The number of hydrogen-bond donors (Lipinski definition) is 1.